The van der Waals surface area contributed by atoms with Crippen LogP contribution in [0.15, 0.2) is 24.4 Å². The zero-order valence-corrected chi connectivity index (χ0v) is 8.62. The zero-order chi connectivity index (χ0) is 11.1. The summed E-state index contributed by atoms with van der Waals surface area (Å²) in [5, 5.41) is 4.52. The van der Waals surface area contributed by atoms with E-state index in [-0.39, 0.29) is 12.4 Å². The Morgan fingerprint density at radius 3 is 2.80 bits per heavy atom. The predicted molar refractivity (Wildman–Crippen MR) is 55.3 cm³/mol. The third-order valence-electron chi connectivity index (χ3n) is 1.53. The van der Waals surface area contributed by atoms with E-state index in [1.807, 2.05) is 6.07 Å². The van der Waals surface area contributed by atoms with Crippen LogP contribution in [0.25, 0.3) is 0 Å². The number of pyridine rings is 1. The van der Waals surface area contributed by atoms with Gasteiger partial charge in [0, 0.05) is 6.20 Å². The van der Waals surface area contributed by atoms with Gasteiger partial charge in [-0.05, 0) is 12.1 Å². The molecule has 0 atom stereocenters. The molecule has 0 fully saturated rings. The van der Waals surface area contributed by atoms with Crippen LogP contribution in [0.5, 0.6) is 0 Å². The van der Waals surface area contributed by atoms with Gasteiger partial charge in [0.05, 0.1) is 12.2 Å². The first-order valence-electron chi connectivity index (χ1n) is 4.26. The van der Waals surface area contributed by atoms with Gasteiger partial charge in [0.1, 0.15) is 5.88 Å². The van der Waals surface area contributed by atoms with Gasteiger partial charge in [-0.3, -0.25) is 15.1 Å². The quantitative estimate of drug-likeness (QED) is 0.745. The SMILES string of the molecule is O=C(CCl)NC(=O)NCc1ccccn1. The van der Waals surface area contributed by atoms with Crippen molar-refractivity contribution in [1.29, 1.82) is 0 Å². The molecule has 0 unspecified atom stereocenters. The third kappa shape index (κ3) is 4.42. The Hall–Kier alpha value is -1.62. The fourth-order valence-corrected chi connectivity index (χ4v) is 0.945. The highest BCUT2D eigenvalue weighted by Crippen LogP contribution is 1.91. The lowest BCUT2D eigenvalue weighted by atomic mass is 10.3. The topological polar surface area (TPSA) is 71.1 Å². The second-order valence-electron chi connectivity index (χ2n) is 2.69. The van der Waals surface area contributed by atoms with Gasteiger partial charge < -0.3 is 5.32 Å². The van der Waals surface area contributed by atoms with Crippen LogP contribution in [0, 0.1) is 0 Å². The van der Waals surface area contributed by atoms with E-state index in [1.54, 1.807) is 18.3 Å². The van der Waals surface area contributed by atoms with Crippen LogP contribution in [0.4, 0.5) is 4.79 Å². The standard InChI is InChI=1S/C9H10ClN3O2/c10-5-8(14)13-9(15)12-6-7-3-1-2-4-11-7/h1-4H,5-6H2,(H2,12,13,14,15). The van der Waals surface area contributed by atoms with Crippen LogP contribution in [-0.4, -0.2) is 22.8 Å². The number of aromatic nitrogens is 1. The Labute approximate surface area is 91.8 Å². The molecule has 0 saturated carbocycles. The predicted octanol–water partition coefficient (Wildman–Crippen LogP) is 0.646. The molecule has 2 N–H and O–H groups in total. The number of carbonyl (C=O) groups is 2. The molecule has 1 heterocycles. The maximum absolute atomic E-state index is 11.1. The summed E-state index contributed by atoms with van der Waals surface area (Å²) in [6, 6.07) is 4.78. The van der Waals surface area contributed by atoms with Gasteiger partial charge in [-0.2, -0.15) is 0 Å². The van der Waals surface area contributed by atoms with Crippen LogP contribution in [-0.2, 0) is 11.3 Å². The molecule has 1 rings (SSSR count). The van der Waals surface area contributed by atoms with Crippen molar-refractivity contribution in [2.75, 3.05) is 5.88 Å². The Kier molecular flexibility index (Phi) is 4.56. The Bertz CT molecular complexity index is 342. The van der Waals surface area contributed by atoms with E-state index in [4.69, 9.17) is 11.6 Å². The maximum Gasteiger partial charge on any atom is 0.321 e. The van der Waals surface area contributed by atoms with Crippen LogP contribution in [0.1, 0.15) is 5.69 Å². The summed E-state index contributed by atoms with van der Waals surface area (Å²) in [5.41, 5.74) is 0.714. The van der Waals surface area contributed by atoms with Crippen molar-refractivity contribution < 1.29 is 9.59 Å². The van der Waals surface area contributed by atoms with Gasteiger partial charge in [-0.1, -0.05) is 6.07 Å². The second-order valence-corrected chi connectivity index (χ2v) is 2.95. The molecule has 6 heteroatoms. The van der Waals surface area contributed by atoms with E-state index in [1.165, 1.54) is 0 Å². The molecule has 0 spiro atoms. The monoisotopic (exact) mass is 227 g/mol. The summed E-state index contributed by atoms with van der Waals surface area (Å²) in [7, 11) is 0. The molecule has 0 aliphatic carbocycles. The van der Waals surface area contributed by atoms with Gasteiger partial charge in [-0.15, -0.1) is 11.6 Å². The zero-order valence-electron chi connectivity index (χ0n) is 7.87. The lowest BCUT2D eigenvalue weighted by molar-refractivity contribution is -0.117. The van der Waals surface area contributed by atoms with Crippen LogP contribution in [0.3, 0.4) is 0 Å². The molecule has 0 aromatic carbocycles. The Morgan fingerprint density at radius 1 is 1.40 bits per heavy atom. The molecule has 1 aromatic heterocycles. The smallest absolute Gasteiger partial charge is 0.321 e. The molecule has 0 aliphatic heterocycles. The summed E-state index contributed by atoms with van der Waals surface area (Å²) in [6.45, 7) is 0.266. The lowest BCUT2D eigenvalue weighted by Gasteiger charge is -2.04. The van der Waals surface area contributed by atoms with Crippen LogP contribution in [0.2, 0.25) is 0 Å². The molecule has 0 saturated heterocycles. The third-order valence-corrected chi connectivity index (χ3v) is 1.77. The summed E-state index contributed by atoms with van der Waals surface area (Å²) in [6.07, 6.45) is 1.62. The van der Waals surface area contributed by atoms with E-state index in [9.17, 15) is 9.59 Å². The first-order chi connectivity index (χ1) is 7.22. The first kappa shape index (κ1) is 11.5. The summed E-state index contributed by atoms with van der Waals surface area (Å²) in [4.78, 5) is 25.8. The van der Waals surface area contributed by atoms with E-state index in [0.29, 0.717) is 5.69 Å². The van der Waals surface area contributed by atoms with Crippen molar-refractivity contribution in [3.8, 4) is 0 Å². The molecular formula is C9H10ClN3O2. The van der Waals surface area contributed by atoms with Crippen LogP contribution >= 0.6 is 11.6 Å². The highest BCUT2D eigenvalue weighted by atomic mass is 35.5. The van der Waals surface area contributed by atoms with E-state index in [0.717, 1.165) is 0 Å². The summed E-state index contributed by atoms with van der Waals surface area (Å²) >= 11 is 5.21. The van der Waals surface area contributed by atoms with Crippen molar-refractivity contribution in [1.82, 2.24) is 15.6 Å². The lowest BCUT2D eigenvalue weighted by Crippen LogP contribution is -2.39. The molecule has 80 valence electrons. The summed E-state index contributed by atoms with van der Waals surface area (Å²) < 4.78 is 0. The van der Waals surface area contributed by atoms with Crippen molar-refractivity contribution in [2.45, 2.75) is 6.54 Å². The summed E-state index contributed by atoms with van der Waals surface area (Å²) in [5.74, 6) is -0.771. The number of hydrogen-bond acceptors (Lipinski definition) is 3. The number of nitrogens with one attached hydrogen (secondary N) is 2. The number of imide groups is 1. The van der Waals surface area contributed by atoms with Gasteiger partial charge in [-0.25, -0.2) is 4.79 Å². The molecule has 1 aromatic rings. The number of rotatable bonds is 3. The minimum absolute atomic E-state index is 0.239. The average molecular weight is 228 g/mol. The van der Waals surface area contributed by atoms with Crippen molar-refractivity contribution in [3.63, 3.8) is 0 Å². The van der Waals surface area contributed by atoms with Crippen molar-refractivity contribution in [3.05, 3.63) is 30.1 Å². The molecule has 0 bridgehead atoms. The van der Waals surface area contributed by atoms with Crippen molar-refractivity contribution in [2.24, 2.45) is 0 Å². The van der Waals surface area contributed by atoms with E-state index in [2.05, 4.69) is 15.6 Å². The number of halogens is 1. The highest BCUT2D eigenvalue weighted by Gasteiger charge is 2.05. The normalized spacial score (nSPS) is 9.40. The van der Waals surface area contributed by atoms with Gasteiger partial charge >= 0.3 is 6.03 Å². The van der Waals surface area contributed by atoms with E-state index < -0.39 is 11.9 Å². The number of amides is 3. The number of alkyl halides is 1. The fourth-order valence-electron chi connectivity index (χ4n) is 0.878. The number of urea groups is 1. The molecule has 5 nitrogen and oxygen atoms in total. The number of hydrogen-bond donors (Lipinski definition) is 2. The molecular weight excluding hydrogens is 218 g/mol. The average Bonchev–Trinajstić information content (AvgIpc) is 2.27. The van der Waals surface area contributed by atoms with E-state index >= 15 is 0 Å². The van der Waals surface area contributed by atoms with Crippen molar-refractivity contribution >= 4 is 23.5 Å². The number of carbonyl (C=O) groups excluding carboxylic acids is 2. The minimum Gasteiger partial charge on any atom is -0.332 e. The largest absolute Gasteiger partial charge is 0.332 e. The van der Waals surface area contributed by atoms with Crippen LogP contribution < -0.4 is 10.6 Å². The molecule has 3 amide bonds. The first-order valence-corrected chi connectivity index (χ1v) is 4.79. The van der Waals surface area contributed by atoms with Gasteiger partial charge in [0.2, 0.25) is 5.91 Å². The van der Waals surface area contributed by atoms with Gasteiger partial charge in [0.25, 0.3) is 0 Å². The minimum atomic E-state index is -0.577. The molecule has 0 radical (unpaired) electrons. The second kappa shape index (κ2) is 5.98. The fraction of sp³-hybridized carbons (Fsp3) is 0.222. The molecule has 15 heavy (non-hydrogen) atoms. The van der Waals surface area contributed by atoms with Gasteiger partial charge in [0.15, 0.2) is 0 Å². The highest BCUT2D eigenvalue weighted by molar-refractivity contribution is 6.28. The maximum atomic E-state index is 11.1. The Morgan fingerprint density at radius 2 is 2.20 bits per heavy atom. The Balaban J connectivity index is 2.32. The molecule has 0 aliphatic rings. The number of nitrogens with zero attached hydrogens (tertiary/aromatic N) is 1.